The van der Waals surface area contributed by atoms with Gasteiger partial charge < -0.3 is 10.1 Å². The third kappa shape index (κ3) is 5.32. The molecule has 0 aliphatic carbocycles. The summed E-state index contributed by atoms with van der Waals surface area (Å²) < 4.78 is 5.92. The molecule has 1 saturated heterocycles. The SMILES string of the molecule is O=C(NCCOc1cccc2ccccc12)C1CCN(Cc2cccc(Cl)c2)CC1. The molecule has 3 aromatic rings. The fourth-order valence-corrected chi connectivity index (χ4v) is 4.26. The largest absolute Gasteiger partial charge is 0.491 e. The molecule has 0 radical (unpaired) electrons. The molecule has 1 heterocycles. The molecule has 1 aliphatic heterocycles. The predicted octanol–water partition coefficient (Wildman–Crippen LogP) is 4.90. The minimum atomic E-state index is 0.0816. The van der Waals surface area contributed by atoms with Gasteiger partial charge in [0.1, 0.15) is 12.4 Å². The highest BCUT2D eigenvalue weighted by molar-refractivity contribution is 6.30. The first-order chi connectivity index (χ1) is 14.7. The fraction of sp³-hybridized carbons (Fsp3) is 0.320. The van der Waals surface area contributed by atoms with Crippen molar-refractivity contribution in [3.8, 4) is 5.75 Å². The minimum Gasteiger partial charge on any atom is -0.491 e. The number of amides is 1. The van der Waals surface area contributed by atoms with Gasteiger partial charge >= 0.3 is 0 Å². The van der Waals surface area contributed by atoms with E-state index in [1.807, 2.05) is 42.5 Å². The maximum atomic E-state index is 12.5. The smallest absolute Gasteiger partial charge is 0.223 e. The highest BCUT2D eigenvalue weighted by Gasteiger charge is 2.24. The Bertz CT molecular complexity index is 994. The average Bonchev–Trinajstić information content (AvgIpc) is 2.77. The maximum absolute atomic E-state index is 12.5. The van der Waals surface area contributed by atoms with Crippen LogP contribution in [0.15, 0.2) is 66.7 Å². The summed E-state index contributed by atoms with van der Waals surface area (Å²) in [6.45, 7) is 3.72. The first-order valence-electron chi connectivity index (χ1n) is 10.5. The number of carbonyl (C=O) groups excluding carboxylic acids is 1. The monoisotopic (exact) mass is 422 g/mol. The summed E-state index contributed by atoms with van der Waals surface area (Å²) in [5.41, 5.74) is 1.22. The lowest BCUT2D eigenvalue weighted by Crippen LogP contribution is -2.41. The second kappa shape index (κ2) is 9.96. The van der Waals surface area contributed by atoms with E-state index in [1.165, 1.54) is 5.56 Å². The van der Waals surface area contributed by atoms with Crippen LogP contribution in [0.1, 0.15) is 18.4 Å². The van der Waals surface area contributed by atoms with Gasteiger partial charge in [0, 0.05) is 22.9 Å². The van der Waals surface area contributed by atoms with Crippen LogP contribution in [0.25, 0.3) is 10.8 Å². The van der Waals surface area contributed by atoms with Crippen LogP contribution in [0.2, 0.25) is 5.02 Å². The van der Waals surface area contributed by atoms with Gasteiger partial charge in [0.25, 0.3) is 0 Å². The van der Waals surface area contributed by atoms with Gasteiger partial charge in [-0.25, -0.2) is 0 Å². The number of benzene rings is 3. The van der Waals surface area contributed by atoms with E-state index in [0.717, 1.165) is 54.0 Å². The number of hydrogen-bond donors (Lipinski definition) is 1. The molecule has 0 bridgehead atoms. The summed E-state index contributed by atoms with van der Waals surface area (Å²) in [4.78, 5) is 14.9. The van der Waals surface area contributed by atoms with Crippen molar-refractivity contribution in [3.63, 3.8) is 0 Å². The second-order valence-electron chi connectivity index (χ2n) is 7.80. The van der Waals surface area contributed by atoms with Crippen LogP contribution in [-0.4, -0.2) is 37.0 Å². The first-order valence-corrected chi connectivity index (χ1v) is 10.9. The number of carbonyl (C=O) groups is 1. The standard InChI is InChI=1S/C25H27ClN2O2/c26-22-8-3-5-19(17-22)18-28-14-11-21(12-15-28)25(29)27-13-16-30-24-10-4-7-20-6-1-2-9-23(20)24/h1-10,17,21H,11-16,18H2,(H,27,29). The van der Waals surface area contributed by atoms with Gasteiger partial charge in [-0.3, -0.25) is 9.69 Å². The number of piperidine rings is 1. The number of nitrogens with one attached hydrogen (secondary N) is 1. The first kappa shape index (κ1) is 20.7. The predicted molar refractivity (Wildman–Crippen MR) is 122 cm³/mol. The van der Waals surface area contributed by atoms with Crippen LogP contribution in [0, 0.1) is 5.92 Å². The molecule has 4 nitrogen and oxygen atoms in total. The van der Waals surface area contributed by atoms with Gasteiger partial charge in [-0.05, 0) is 55.1 Å². The van der Waals surface area contributed by atoms with Gasteiger partial charge in [0.15, 0.2) is 0 Å². The molecule has 4 rings (SSSR count). The highest BCUT2D eigenvalue weighted by atomic mass is 35.5. The lowest BCUT2D eigenvalue weighted by molar-refractivity contribution is -0.126. The Hall–Kier alpha value is -2.56. The molecule has 1 amide bonds. The molecule has 0 aromatic heterocycles. The van der Waals surface area contributed by atoms with Crippen LogP contribution in [0.5, 0.6) is 5.75 Å². The summed E-state index contributed by atoms with van der Waals surface area (Å²) in [5, 5.41) is 6.07. The second-order valence-corrected chi connectivity index (χ2v) is 8.23. The highest BCUT2D eigenvalue weighted by Crippen LogP contribution is 2.25. The van der Waals surface area contributed by atoms with E-state index in [0.29, 0.717) is 13.2 Å². The Morgan fingerprint density at radius 3 is 2.63 bits per heavy atom. The Morgan fingerprint density at radius 2 is 1.80 bits per heavy atom. The zero-order valence-corrected chi connectivity index (χ0v) is 17.8. The molecule has 1 aliphatic rings. The average molecular weight is 423 g/mol. The van der Waals surface area contributed by atoms with Gasteiger partial charge in [0.05, 0.1) is 6.54 Å². The van der Waals surface area contributed by atoms with E-state index in [2.05, 4.69) is 34.5 Å². The molecule has 0 saturated carbocycles. The van der Waals surface area contributed by atoms with E-state index in [1.54, 1.807) is 0 Å². The summed E-state index contributed by atoms with van der Waals surface area (Å²) in [7, 11) is 0. The third-order valence-electron chi connectivity index (χ3n) is 5.66. The zero-order chi connectivity index (χ0) is 20.8. The van der Waals surface area contributed by atoms with Crippen molar-refractivity contribution in [3.05, 3.63) is 77.3 Å². The van der Waals surface area contributed by atoms with E-state index < -0.39 is 0 Å². The molecule has 0 unspecified atom stereocenters. The lowest BCUT2D eigenvalue weighted by Gasteiger charge is -2.31. The van der Waals surface area contributed by atoms with Crippen molar-refractivity contribution in [1.29, 1.82) is 0 Å². The van der Waals surface area contributed by atoms with Crippen molar-refractivity contribution in [2.45, 2.75) is 19.4 Å². The topological polar surface area (TPSA) is 41.6 Å². The van der Waals surface area contributed by atoms with E-state index in [4.69, 9.17) is 16.3 Å². The van der Waals surface area contributed by atoms with Crippen LogP contribution in [-0.2, 0) is 11.3 Å². The summed E-state index contributed by atoms with van der Waals surface area (Å²) in [5.74, 6) is 1.08. The normalized spacial score (nSPS) is 15.2. The van der Waals surface area contributed by atoms with Gasteiger partial charge in [-0.2, -0.15) is 0 Å². The molecule has 5 heteroatoms. The van der Waals surface area contributed by atoms with Crippen molar-refractivity contribution >= 4 is 28.3 Å². The number of halogens is 1. The Kier molecular flexibility index (Phi) is 6.88. The molecular weight excluding hydrogens is 396 g/mol. The van der Waals surface area contributed by atoms with Crippen LogP contribution >= 0.6 is 11.6 Å². The number of hydrogen-bond acceptors (Lipinski definition) is 3. The number of fused-ring (bicyclic) bond motifs is 1. The number of nitrogens with zero attached hydrogens (tertiary/aromatic N) is 1. The van der Waals surface area contributed by atoms with Crippen molar-refractivity contribution in [1.82, 2.24) is 10.2 Å². The van der Waals surface area contributed by atoms with Gasteiger partial charge in [-0.15, -0.1) is 0 Å². The molecule has 0 atom stereocenters. The lowest BCUT2D eigenvalue weighted by atomic mass is 9.95. The van der Waals surface area contributed by atoms with E-state index in [9.17, 15) is 4.79 Å². The zero-order valence-electron chi connectivity index (χ0n) is 17.0. The van der Waals surface area contributed by atoms with Crippen molar-refractivity contribution in [2.24, 2.45) is 5.92 Å². The quantitative estimate of drug-likeness (QED) is 0.550. The number of ether oxygens (including phenoxy) is 1. The molecule has 1 fully saturated rings. The Labute approximate surface area is 182 Å². The molecule has 0 spiro atoms. The van der Waals surface area contributed by atoms with Crippen LogP contribution in [0.3, 0.4) is 0 Å². The van der Waals surface area contributed by atoms with Gasteiger partial charge in [-0.1, -0.05) is 60.1 Å². The Morgan fingerprint density at radius 1 is 1.03 bits per heavy atom. The van der Waals surface area contributed by atoms with Crippen LogP contribution in [0.4, 0.5) is 0 Å². The Balaban J connectivity index is 1.19. The third-order valence-corrected chi connectivity index (χ3v) is 5.90. The molecule has 30 heavy (non-hydrogen) atoms. The minimum absolute atomic E-state index is 0.0816. The summed E-state index contributed by atoms with van der Waals surface area (Å²) in [6, 6.07) is 22.2. The van der Waals surface area contributed by atoms with Gasteiger partial charge in [0.2, 0.25) is 5.91 Å². The number of rotatable bonds is 7. The van der Waals surface area contributed by atoms with E-state index >= 15 is 0 Å². The maximum Gasteiger partial charge on any atom is 0.223 e. The van der Waals surface area contributed by atoms with Crippen molar-refractivity contribution < 1.29 is 9.53 Å². The molecule has 1 N–H and O–H groups in total. The summed E-state index contributed by atoms with van der Waals surface area (Å²) >= 11 is 6.07. The fourth-order valence-electron chi connectivity index (χ4n) is 4.05. The van der Waals surface area contributed by atoms with Crippen LogP contribution < -0.4 is 10.1 Å². The summed E-state index contributed by atoms with van der Waals surface area (Å²) in [6.07, 6.45) is 1.77. The van der Waals surface area contributed by atoms with E-state index in [-0.39, 0.29) is 11.8 Å². The molecular formula is C25H27ClN2O2. The molecule has 156 valence electrons. The number of likely N-dealkylation sites (tertiary alicyclic amines) is 1. The van der Waals surface area contributed by atoms with Crippen molar-refractivity contribution in [2.75, 3.05) is 26.2 Å². The molecule has 3 aromatic carbocycles.